The van der Waals surface area contributed by atoms with Gasteiger partial charge in [0.1, 0.15) is 5.82 Å². The van der Waals surface area contributed by atoms with Crippen LogP contribution in [-0.4, -0.2) is 37.8 Å². The van der Waals surface area contributed by atoms with E-state index in [2.05, 4.69) is 27.9 Å². The van der Waals surface area contributed by atoms with Gasteiger partial charge >= 0.3 is 0 Å². The first-order valence-electron chi connectivity index (χ1n) is 9.55. The Bertz CT molecular complexity index is 1020. The first-order chi connectivity index (χ1) is 14.0. The summed E-state index contributed by atoms with van der Waals surface area (Å²) in [6.45, 7) is 4.52. The Labute approximate surface area is 174 Å². The average Bonchev–Trinajstić information content (AvgIpc) is 3.20. The maximum absolute atomic E-state index is 13.4. The van der Waals surface area contributed by atoms with E-state index in [0.29, 0.717) is 11.7 Å². The average molecular weight is 411 g/mol. The number of hydrogen-bond acceptors (Lipinski definition) is 3. The van der Waals surface area contributed by atoms with E-state index in [4.69, 9.17) is 12.2 Å². The highest BCUT2D eigenvalue weighted by Gasteiger charge is 2.41. The van der Waals surface area contributed by atoms with Crippen molar-refractivity contribution < 1.29 is 9.50 Å². The van der Waals surface area contributed by atoms with Gasteiger partial charge in [-0.2, -0.15) is 0 Å². The number of rotatable bonds is 5. The van der Waals surface area contributed by atoms with Gasteiger partial charge < -0.3 is 19.9 Å². The fourth-order valence-electron chi connectivity index (χ4n) is 4.17. The highest BCUT2D eigenvalue weighted by molar-refractivity contribution is 7.80. The third-order valence-corrected chi connectivity index (χ3v) is 5.76. The number of β-amino-alcohol motifs (C(OH)–C–C–N with tert-alkyl or cyclic N) is 1. The second kappa shape index (κ2) is 7.93. The summed E-state index contributed by atoms with van der Waals surface area (Å²) in [7, 11) is 0. The lowest BCUT2D eigenvalue weighted by molar-refractivity contribution is 0.223. The fourth-order valence-corrected chi connectivity index (χ4v) is 4.50. The highest BCUT2D eigenvalue weighted by Crippen LogP contribution is 2.41. The van der Waals surface area contributed by atoms with Crippen LogP contribution >= 0.6 is 12.2 Å². The topological polar surface area (TPSA) is 53.3 Å². The molecule has 0 bridgehead atoms. The Morgan fingerprint density at radius 3 is 2.59 bits per heavy atom. The summed E-state index contributed by atoms with van der Waals surface area (Å²) in [6.07, 6.45) is 1.77. The first-order valence-corrected chi connectivity index (χ1v) is 9.95. The summed E-state index contributed by atoms with van der Waals surface area (Å²) in [5.74, 6) is -0.258. The minimum atomic E-state index is -0.258. The van der Waals surface area contributed by atoms with E-state index in [1.54, 1.807) is 18.3 Å². The molecule has 3 aromatic rings. The van der Waals surface area contributed by atoms with E-state index < -0.39 is 0 Å². The van der Waals surface area contributed by atoms with Crippen LogP contribution in [0.4, 0.5) is 4.39 Å². The molecule has 0 unspecified atom stereocenters. The van der Waals surface area contributed by atoms with Crippen LogP contribution in [0.3, 0.4) is 0 Å². The van der Waals surface area contributed by atoms with Crippen molar-refractivity contribution in [2.24, 2.45) is 0 Å². The Balaban J connectivity index is 1.82. The molecule has 2 atom stereocenters. The van der Waals surface area contributed by atoms with Crippen molar-refractivity contribution in [1.82, 2.24) is 19.8 Å². The quantitative estimate of drug-likeness (QED) is 0.630. The van der Waals surface area contributed by atoms with Crippen molar-refractivity contribution in [3.05, 3.63) is 83.2 Å². The molecule has 0 aliphatic carbocycles. The van der Waals surface area contributed by atoms with Crippen LogP contribution in [-0.2, 0) is 0 Å². The van der Waals surface area contributed by atoms with Crippen molar-refractivity contribution in [3.63, 3.8) is 0 Å². The molecule has 1 fully saturated rings. The van der Waals surface area contributed by atoms with Crippen LogP contribution in [0.1, 0.15) is 34.7 Å². The van der Waals surface area contributed by atoms with Gasteiger partial charge in [0.05, 0.1) is 24.4 Å². The number of aryl methyl sites for hydroxylation is 1. The smallest absolute Gasteiger partial charge is 0.170 e. The Hall–Kier alpha value is -2.77. The molecule has 0 spiro atoms. The van der Waals surface area contributed by atoms with Crippen LogP contribution in [0, 0.1) is 19.7 Å². The molecule has 29 heavy (non-hydrogen) atoms. The van der Waals surface area contributed by atoms with Crippen molar-refractivity contribution in [1.29, 1.82) is 0 Å². The van der Waals surface area contributed by atoms with Gasteiger partial charge in [0, 0.05) is 29.8 Å². The van der Waals surface area contributed by atoms with Crippen LogP contribution in [0.25, 0.3) is 5.69 Å². The minimum Gasteiger partial charge on any atom is -0.395 e. The zero-order chi connectivity index (χ0) is 20.5. The standard InChI is InChI=1S/C22H23FN4OS/c1-14-13-18(15(2)27(14)17-8-6-16(23)7-9-17)21-20(19-5-3-4-10-24-19)25-22(29)26(21)11-12-28/h3-10,13,20-21,28H,11-12H2,1-2H3,(H,25,29)/t20-,21+/m0/s1. The minimum absolute atomic E-state index is 0.00393. The van der Waals surface area contributed by atoms with E-state index in [1.807, 2.05) is 30.0 Å². The maximum atomic E-state index is 13.4. The molecule has 1 aromatic carbocycles. The number of halogens is 1. The third kappa shape index (κ3) is 3.52. The summed E-state index contributed by atoms with van der Waals surface area (Å²) in [5.41, 5.74) is 5.00. The van der Waals surface area contributed by atoms with Gasteiger partial charge in [0.2, 0.25) is 0 Å². The number of aromatic nitrogens is 2. The number of hydrogen-bond donors (Lipinski definition) is 2. The molecule has 7 heteroatoms. The van der Waals surface area contributed by atoms with E-state index in [9.17, 15) is 9.50 Å². The number of benzene rings is 1. The molecule has 2 aromatic heterocycles. The third-order valence-electron chi connectivity index (χ3n) is 5.41. The Morgan fingerprint density at radius 2 is 1.93 bits per heavy atom. The molecule has 2 N–H and O–H groups in total. The number of thiocarbonyl (C=S) groups is 1. The molecule has 5 nitrogen and oxygen atoms in total. The van der Waals surface area contributed by atoms with Crippen LogP contribution in [0.15, 0.2) is 54.7 Å². The summed E-state index contributed by atoms with van der Waals surface area (Å²) < 4.78 is 15.5. The SMILES string of the molecule is Cc1cc([C@@H]2[C@H](c3ccccn3)NC(=S)N2CCO)c(C)n1-c1ccc(F)cc1. The van der Waals surface area contributed by atoms with Crippen molar-refractivity contribution in [3.8, 4) is 5.69 Å². The van der Waals surface area contributed by atoms with Gasteiger partial charge in [-0.15, -0.1) is 0 Å². The van der Waals surface area contributed by atoms with Crippen molar-refractivity contribution in [2.75, 3.05) is 13.2 Å². The second-order valence-corrected chi connectivity index (χ2v) is 7.57. The molecule has 0 amide bonds. The first kappa shape index (κ1) is 19.5. The summed E-state index contributed by atoms with van der Waals surface area (Å²) in [4.78, 5) is 6.55. The normalized spacial score (nSPS) is 18.9. The summed E-state index contributed by atoms with van der Waals surface area (Å²) in [6, 6.07) is 14.2. The van der Waals surface area contributed by atoms with Gasteiger partial charge in [-0.05, 0) is 74.1 Å². The lowest BCUT2D eigenvalue weighted by Gasteiger charge is -2.27. The van der Waals surface area contributed by atoms with Gasteiger partial charge in [-0.25, -0.2) is 4.39 Å². The number of pyridine rings is 1. The fraction of sp³-hybridized carbons (Fsp3) is 0.273. The molecule has 150 valence electrons. The molecular weight excluding hydrogens is 387 g/mol. The van der Waals surface area contributed by atoms with Crippen LogP contribution in [0.5, 0.6) is 0 Å². The van der Waals surface area contributed by atoms with Crippen LogP contribution < -0.4 is 5.32 Å². The summed E-state index contributed by atoms with van der Waals surface area (Å²) >= 11 is 5.58. The zero-order valence-corrected chi connectivity index (χ0v) is 17.2. The summed E-state index contributed by atoms with van der Waals surface area (Å²) in [5, 5.41) is 13.6. The van der Waals surface area contributed by atoms with Crippen molar-refractivity contribution in [2.45, 2.75) is 25.9 Å². The largest absolute Gasteiger partial charge is 0.395 e. The number of aliphatic hydroxyl groups excluding tert-OH is 1. The van der Waals surface area contributed by atoms with Gasteiger partial charge in [-0.1, -0.05) is 6.07 Å². The predicted molar refractivity (Wildman–Crippen MR) is 114 cm³/mol. The number of aliphatic hydroxyl groups is 1. The zero-order valence-electron chi connectivity index (χ0n) is 16.3. The molecule has 0 radical (unpaired) electrons. The molecule has 1 aliphatic heterocycles. The molecular formula is C22H23FN4OS. The molecule has 1 aliphatic rings. The Morgan fingerprint density at radius 1 is 1.17 bits per heavy atom. The van der Waals surface area contributed by atoms with Crippen LogP contribution in [0.2, 0.25) is 0 Å². The Kier molecular flexibility index (Phi) is 5.34. The molecule has 4 rings (SSSR count). The van der Waals surface area contributed by atoms with Gasteiger partial charge in [0.15, 0.2) is 5.11 Å². The van der Waals surface area contributed by atoms with Crippen molar-refractivity contribution >= 4 is 17.3 Å². The number of nitrogens with zero attached hydrogens (tertiary/aromatic N) is 3. The van der Waals surface area contributed by atoms with E-state index in [-0.39, 0.29) is 24.5 Å². The highest BCUT2D eigenvalue weighted by atomic mass is 32.1. The number of nitrogens with one attached hydrogen (secondary N) is 1. The molecule has 3 heterocycles. The van der Waals surface area contributed by atoms with E-state index in [1.165, 1.54) is 12.1 Å². The van der Waals surface area contributed by atoms with E-state index in [0.717, 1.165) is 28.3 Å². The van der Waals surface area contributed by atoms with E-state index >= 15 is 0 Å². The monoisotopic (exact) mass is 410 g/mol. The predicted octanol–water partition coefficient (Wildman–Crippen LogP) is 3.59. The lowest BCUT2D eigenvalue weighted by atomic mass is 9.97. The van der Waals surface area contributed by atoms with Gasteiger partial charge in [-0.3, -0.25) is 4.98 Å². The molecule has 0 saturated carbocycles. The lowest BCUT2D eigenvalue weighted by Crippen LogP contribution is -2.32. The molecule has 1 saturated heterocycles. The maximum Gasteiger partial charge on any atom is 0.170 e. The second-order valence-electron chi connectivity index (χ2n) is 7.18. The van der Waals surface area contributed by atoms with Gasteiger partial charge in [0.25, 0.3) is 0 Å².